The predicted molar refractivity (Wildman–Crippen MR) is 138 cm³/mol. The molecule has 1 N–H and O–H groups in total. The van der Waals surface area contributed by atoms with E-state index in [1.54, 1.807) is 4.90 Å². The van der Waals surface area contributed by atoms with Gasteiger partial charge in [0.2, 0.25) is 0 Å². The molecule has 0 spiro atoms. The van der Waals surface area contributed by atoms with Crippen molar-refractivity contribution < 1.29 is 29.0 Å². The monoisotopic (exact) mass is 495 g/mol. The summed E-state index contributed by atoms with van der Waals surface area (Å²) in [5, 5.41) is 9.57. The van der Waals surface area contributed by atoms with Crippen LogP contribution in [0.2, 0.25) is 0 Å². The number of carboxylic acid groups (broad SMARTS) is 1. The quantitative estimate of drug-likeness (QED) is 0.278. The molecule has 37 heavy (non-hydrogen) atoms. The molecule has 0 bridgehead atoms. The van der Waals surface area contributed by atoms with Gasteiger partial charge >= 0.3 is 5.97 Å². The minimum Gasteiger partial charge on any atom is -0.496 e. The summed E-state index contributed by atoms with van der Waals surface area (Å²) in [4.78, 5) is 38.5. The molecule has 0 aliphatic heterocycles. The molecule has 4 aromatic carbocycles. The van der Waals surface area contributed by atoms with Crippen molar-refractivity contribution in [2.75, 3.05) is 7.11 Å². The van der Waals surface area contributed by atoms with Crippen LogP contribution in [0.5, 0.6) is 17.2 Å². The van der Waals surface area contributed by atoms with Gasteiger partial charge in [-0.15, -0.1) is 0 Å². The highest BCUT2D eigenvalue weighted by atomic mass is 16.5. The first-order valence-electron chi connectivity index (χ1n) is 11.5. The van der Waals surface area contributed by atoms with Gasteiger partial charge in [-0.25, -0.2) is 4.79 Å². The van der Waals surface area contributed by atoms with Crippen LogP contribution in [0.3, 0.4) is 0 Å². The van der Waals surface area contributed by atoms with E-state index in [1.165, 1.54) is 19.2 Å². The Morgan fingerprint density at radius 1 is 0.784 bits per heavy atom. The molecule has 0 aliphatic rings. The number of ether oxygens (including phenoxy) is 2. The number of rotatable bonds is 10. The van der Waals surface area contributed by atoms with Crippen molar-refractivity contribution in [3.8, 4) is 17.2 Å². The van der Waals surface area contributed by atoms with Crippen LogP contribution in [0.25, 0.3) is 0 Å². The van der Waals surface area contributed by atoms with Crippen LogP contribution < -0.4 is 9.47 Å². The number of para-hydroxylation sites is 1. The maximum atomic E-state index is 13.8. The maximum absolute atomic E-state index is 13.8. The van der Waals surface area contributed by atoms with Crippen molar-refractivity contribution in [1.29, 1.82) is 0 Å². The summed E-state index contributed by atoms with van der Waals surface area (Å²) >= 11 is 0. The van der Waals surface area contributed by atoms with Crippen LogP contribution in [0.15, 0.2) is 97.1 Å². The number of hydrogen-bond acceptors (Lipinski definition) is 5. The van der Waals surface area contributed by atoms with Crippen molar-refractivity contribution in [1.82, 2.24) is 4.90 Å². The number of aldehydes is 1. The molecule has 0 heterocycles. The Balaban J connectivity index is 1.65. The van der Waals surface area contributed by atoms with E-state index < -0.39 is 11.9 Å². The molecule has 0 radical (unpaired) electrons. The molecule has 0 atom stereocenters. The van der Waals surface area contributed by atoms with E-state index >= 15 is 0 Å². The Morgan fingerprint density at radius 3 is 1.92 bits per heavy atom. The van der Waals surface area contributed by atoms with Gasteiger partial charge in [-0.2, -0.15) is 0 Å². The fraction of sp³-hybridized carbons (Fsp3) is 0.100. The lowest BCUT2D eigenvalue weighted by Gasteiger charge is -2.24. The summed E-state index contributed by atoms with van der Waals surface area (Å²) in [6, 6.07) is 28.8. The van der Waals surface area contributed by atoms with Crippen molar-refractivity contribution in [3.63, 3.8) is 0 Å². The smallest absolute Gasteiger partial charge is 0.336 e. The highest BCUT2D eigenvalue weighted by Crippen LogP contribution is 2.27. The second-order valence-electron chi connectivity index (χ2n) is 8.27. The predicted octanol–water partition coefficient (Wildman–Crippen LogP) is 5.84. The zero-order chi connectivity index (χ0) is 26.2. The van der Waals surface area contributed by atoms with Crippen LogP contribution in [0, 0.1) is 0 Å². The summed E-state index contributed by atoms with van der Waals surface area (Å²) in [7, 11) is 1.37. The molecule has 0 unspecified atom stereocenters. The van der Waals surface area contributed by atoms with Gasteiger partial charge in [-0.1, -0.05) is 60.7 Å². The molecule has 0 aromatic heterocycles. The molecule has 7 heteroatoms. The molecule has 0 aliphatic carbocycles. The van der Waals surface area contributed by atoms with Crippen LogP contribution in [-0.4, -0.2) is 35.3 Å². The van der Waals surface area contributed by atoms with E-state index in [9.17, 15) is 19.5 Å². The number of aromatic carboxylic acids is 1. The fourth-order valence-corrected chi connectivity index (χ4v) is 3.90. The molecule has 186 valence electrons. The average molecular weight is 496 g/mol. The van der Waals surface area contributed by atoms with E-state index in [2.05, 4.69) is 0 Å². The number of carbonyl (C=O) groups excluding carboxylic acids is 2. The summed E-state index contributed by atoms with van der Waals surface area (Å²) in [6.07, 6.45) is 0.432. The first kappa shape index (κ1) is 25.2. The molecular formula is C30H25NO6. The minimum absolute atomic E-state index is 0.0606. The number of carbonyl (C=O) groups is 3. The minimum atomic E-state index is -1.30. The Bertz CT molecular complexity index is 1390. The molecule has 4 aromatic rings. The third-order valence-electron chi connectivity index (χ3n) is 5.74. The molecule has 0 saturated heterocycles. The molecule has 0 saturated carbocycles. The van der Waals surface area contributed by atoms with Crippen LogP contribution in [-0.2, 0) is 13.1 Å². The zero-order valence-corrected chi connectivity index (χ0v) is 20.2. The third-order valence-corrected chi connectivity index (χ3v) is 5.74. The second kappa shape index (κ2) is 11.7. The average Bonchev–Trinajstić information content (AvgIpc) is 2.93. The lowest BCUT2D eigenvalue weighted by Crippen LogP contribution is -2.30. The van der Waals surface area contributed by atoms with Crippen LogP contribution >= 0.6 is 0 Å². The number of methoxy groups -OCH3 is 1. The third kappa shape index (κ3) is 6.21. The number of nitrogens with zero attached hydrogens (tertiary/aromatic N) is 1. The lowest BCUT2D eigenvalue weighted by molar-refractivity contribution is 0.0693. The Morgan fingerprint density at radius 2 is 1.35 bits per heavy atom. The van der Waals surface area contributed by atoms with Gasteiger partial charge in [0.05, 0.1) is 18.2 Å². The van der Waals surface area contributed by atoms with Crippen LogP contribution in [0.1, 0.15) is 42.2 Å². The zero-order valence-electron chi connectivity index (χ0n) is 20.2. The number of benzene rings is 4. The van der Waals surface area contributed by atoms with E-state index in [-0.39, 0.29) is 35.5 Å². The summed E-state index contributed by atoms with van der Waals surface area (Å²) < 4.78 is 11.2. The largest absolute Gasteiger partial charge is 0.496 e. The van der Waals surface area contributed by atoms with Gasteiger partial charge in [-0.05, 0) is 47.5 Å². The Kier molecular flexibility index (Phi) is 7.95. The molecule has 7 nitrogen and oxygen atoms in total. The Labute approximate surface area is 214 Å². The molecule has 4 rings (SSSR count). The topological polar surface area (TPSA) is 93.1 Å². The molecule has 1 amide bonds. The lowest BCUT2D eigenvalue weighted by atomic mass is 10.0. The van der Waals surface area contributed by atoms with Gasteiger partial charge < -0.3 is 19.5 Å². The van der Waals surface area contributed by atoms with Crippen molar-refractivity contribution in [3.05, 3.63) is 125 Å². The number of hydrogen-bond donors (Lipinski definition) is 1. The van der Waals surface area contributed by atoms with Crippen molar-refractivity contribution in [2.24, 2.45) is 0 Å². The van der Waals surface area contributed by atoms with Gasteiger partial charge in [0, 0.05) is 18.7 Å². The van der Waals surface area contributed by atoms with Gasteiger partial charge in [0.15, 0.2) is 6.29 Å². The van der Waals surface area contributed by atoms with E-state index in [0.717, 1.165) is 16.9 Å². The highest BCUT2D eigenvalue weighted by molar-refractivity contribution is 6.03. The normalized spacial score (nSPS) is 10.4. The first-order chi connectivity index (χ1) is 18.0. The SMILES string of the molecule is COc1cc(C=O)c(C(=O)O)cc1C(=O)N(Cc1ccccc1)Cc1ccc(Oc2ccccc2)cc1. The summed E-state index contributed by atoms with van der Waals surface area (Å²) in [6.45, 7) is 0.531. The second-order valence-corrected chi connectivity index (χ2v) is 8.27. The fourth-order valence-electron chi connectivity index (χ4n) is 3.90. The molecule has 0 fully saturated rings. The standard InChI is InChI=1S/C30H25NO6/c1-36-28-16-23(20-32)26(30(34)35)17-27(28)29(33)31(18-21-8-4-2-5-9-21)19-22-12-14-25(15-13-22)37-24-10-6-3-7-11-24/h2-17,20H,18-19H2,1H3,(H,34,35). The maximum Gasteiger partial charge on any atom is 0.336 e. The molecular weight excluding hydrogens is 470 g/mol. The van der Waals surface area contributed by atoms with Crippen LogP contribution in [0.4, 0.5) is 0 Å². The van der Waals surface area contributed by atoms with E-state index in [0.29, 0.717) is 12.0 Å². The van der Waals surface area contributed by atoms with E-state index in [1.807, 2.05) is 84.9 Å². The van der Waals surface area contributed by atoms with Crippen molar-refractivity contribution in [2.45, 2.75) is 13.1 Å². The number of amides is 1. The first-order valence-corrected chi connectivity index (χ1v) is 11.5. The number of carboxylic acids is 1. The summed E-state index contributed by atoms with van der Waals surface area (Å²) in [5.41, 5.74) is 1.49. The Hall–Kier alpha value is -4.91. The van der Waals surface area contributed by atoms with Gasteiger partial charge in [0.1, 0.15) is 17.2 Å². The van der Waals surface area contributed by atoms with Gasteiger partial charge in [0.25, 0.3) is 5.91 Å². The summed E-state index contributed by atoms with van der Waals surface area (Å²) in [5.74, 6) is -0.223. The highest BCUT2D eigenvalue weighted by Gasteiger charge is 2.24. The van der Waals surface area contributed by atoms with E-state index in [4.69, 9.17) is 9.47 Å². The van der Waals surface area contributed by atoms with Crippen molar-refractivity contribution >= 4 is 18.2 Å². The van der Waals surface area contributed by atoms with Gasteiger partial charge in [-0.3, -0.25) is 9.59 Å².